The number of aryl methyl sites for hydroxylation is 1. The summed E-state index contributed by atoms with van der Waals surface area (Å²) >= 11 is 0. The average molecular weight is 283 g/mol. The maximum absolute atomic E-state index is 11.8. The number of carboxylic acids is 1. The lowest BCUT2D eigenvalue weighted by molar-refractivity contribution is -0.140. The van der Waals surface area contributed by atoms with Crippen LogP contribution in [0.2, 0.25) is 0 Å². The van der Waals surface area contributed by atoms with Crippen LogP contribution < -0.4 is 11.1 Å². The number of carbonyl (C=O) groups is 3. The van der Waals surface area contributed by atoms with Crippen LogP contribution in [0.5, 0.6) is 0 Å². The summed E-state index contributed by atoms with van der Waals surface area (Å²) in [6.07, 6.45) is 2.88. The van der Waals surface area contributed by atoms with Gasteiger partial charge >= 0.3 is 12.0 Å². The maximum Gasteiger partial charge on any atom is 0.326 e. The quantitative estimate of drug-likeness (QED) is 0.609. The zero-order valence-electron chi connectivity index (χ0n) is 11.2. The Labute approximate surface area is 115 Å². The number of aliphatic carboxylic acids is 1. The molecule has 0 fully saturated rings. The van der Waals surface area contributed by atoms with Gasteiger partial charge in [0.05, 0.1) is 19.2 Å². The fourth-order valence-corrected chi connectivity index (χ4v) is 1.56. The molecule has 0 saturated carbocycles. The Kier molecular flexibility index (Phi) is 5.07. The smallest absolute Gasteiger partial charge is 0.326 e. The Morgan fingerprint density at radius 2 is 2.20 bits per heavy atom. The van der Waals surface area contributed by atoms with Gasteiger partial charge in [0.1, 0.15) is 6.04 Å². The molecule has 0 spiro atoms. The van der Waals surface area contributed by atoms with E-state index in [1.807, 2.05) is 0 Å². The second-order valence-electron chi connectivity index (χ2n) is 4.39. The molecule has 20 heavy (non-hydrogen) atoms. The van der Waals surface area contributed by atoms with Crippen molar-refractivity contribution in [3.8, 4) is 0 Å². The summed E-state index contributed by atoms with van der Waals surface area (Å²) in [5.74, 6) is -2.11. The van der Waals surface area contributed by atoms with Crippen molar-refractivity contribution in [2.45, 2.75) is 19.0 Å². The molecule has 1 heterocycles. The van der Waals surface area contributed by atoms with E-state index in [9.17, 15) is 14.4 Å². The molecule has 9 nitrogen and oxygen atoms in total. The molecule has 1 rings (SSSR count). The standard InChI is InChI=1S/C11H17N5O4/c1-15(5-7-4-13-16(2)6-7)11(20)14-8(10(18)19)3-9(12)17/h4,6,8H,3,5H2,1-2H3,(H2,12,17)(H,14,20)(H,18,19)/t8-/m1/s1. The molecule has 110 valence electrons. The summed E-state index contributed by atoms with van der Waals surface area (Å²) in [7, 11) is 3.25. The van der Waals surface area contributed by atoms with Crippen LogP contribution in [0.4, 0.5) is 4.79 Å². The summed E-state index contributed by atoms with van der Waals surface area (Å²) in [6, 6.07) is -1.95. The molecule has 0 radical (unpaired) electrons. The van der Waals surface area contributed by atoms with E-state index in [1.54, 1.807) is 24.1 Å². The summed E-state index contributed by atoms with van der Waals surface area (Å²) in [5.41, 5.74) is 5.73. The number of amides is 3. The molecule has 0 saturated heterocycles. The molecule has 1 aromatic heterocycles. The van der Waals surface area contributed by atoms with Crippen molar-refractivity contribution in [2.24, 2.45) is 12.8 Å². The molecule has 1 atom stereocenters. The van der Waals surface area contributed by atoms with Gasteiger partial charge in [-0.25, -0.2) is 9.59 Å². The molecule has 0 aliphatic heterocycles. The van der Waals surface area contributed by atoms with Crippen molar-refractivity contribution in [3.05, 3.63) is 18.0 Å². The van der Waals surface area contributed by atoms with Crippen LogP contribution in [0.1, 0.15) is 12.0 Å². The minimum Gasteiger partial charge on any atom is -0.480 e. The molecule has 0 aromatic carbocycles. The van der Waals surface area contributed by atoms with E-state index in [0.29, 0.717) is 0 Å². The van der Waals surface area contributed by atoms with Crippen LogP contribution in [0, 0.1) is 0 Å². The van der Waals surface area contributed by atoms with Gasteiger partial charge in [-0.3, -0.25) is 9.48 Å². The van der Waals surface area contributed by atoms with E-state index >= 15 is 0 Å². The number of primary amides is 1. The van der Waals surface area contributed by atoms with Crippen LogP contribution in [-0.4, -0.2) is 50.8 Å². The molecule has 4 N–H and O–H groups in total. The van der Waals surface area contributed by atoms with Crippen LogP contribution in [0.15, 0.2) is 12.4 Å². The first kappa shape index (κ1) is 15.5. The highest BCUT2D eigenvalue weighted by Crippen LogP contribution is 2.02. The lowest BCUT2D eigenvalue weighted by atomic mass is 10.2. The van der Waals surface area contributed by atoms with Gasteiger partial charge in [-0.15, -0.1) is 0 Å². The lowest BCUT2D eigenvalue weighted by Gasteiger charge is -2.20. The van der Waals surface area contributed by atoms with Crippen molar-refractivity contribution >= 4 is 17.9 Å². The van der Waals surface area contributed by atoms with Gasteiger partial charge in [-0.05, 0) is 0 Å². The van der Waals surface area contributed by atoms with Gasteiger partial charge in [-0.2, -0.15) is 5.10 Å². The number of hydrogen-bond donors (Lipinski definition) is 3. The van der Waals surface area contributed by atoms with Crippen LogP contribution >= 0.6 is 0 Å². The number of carboxylic acid groups (broad SMARTS) is 1. The zero-order chi connectivity index (χ0) is 15.3. The highest BCUT2D eigenvalue weighted by Gasteiger charge is 2.23. The monoisotopic (exact) mass is 283 g/mol. The lowest BCUT2D eigenvalue weighted by Crippen LogP contribution is -2.47. The van der Waals surface area contributed by atoms with E-state index in [1.165, 1.54) is 11.9 Å². The molecule has 1 aromatic rings. The summed E-state index contributed by atoms with van der Waals surface area (Å²) in [4.78, 5) is 34.8. The first-order chi connectivity index (χ1) is 9.29. The van der Waals surface area contributed by atoms with E-state index in [4.69, 9.17) is 10.8 Å². The molecule has 0 bridgehead atoms. The Hall–Kier alpha value is -2.58. The predicted molar refractivity (Wildman–Crippen MR) is 68.4 cm³/mol. The SMILES string of the molecule is CN(Cc1cnn(C)c1)C(=O)N[C@H](CC(N)=O)C(=O)O. The van der Waals surface area contributed by atoms with Gasteiger partial charge in [-0.1, -0.05) is 0 Å². The van der Waals surface area contributed by atoms with Crippen molar-refractivity contribution in [1.29, 1.82) is 0 Å². The molecule has 0 aliphatic carbocycles. The van der Waals surface area contributed by atoms with Crippen LogP contribution in [-0.2, 0) is 23.2 Å². The van der Waals surface area contributed by atoms with Gasteiger partial charge in [0.2, 0.25) is 5.91 Å². The fourth-order valence-electron chi connectivity index (χ4n) is 1.56. The normalized spacial score (nSPS) is 11.7. The molecular formula is C11H17N5O4. The van der Waals surface area contributed by atoms with Gasteiger partial charge < -0.3 is 21.1 Å². The topological polar surface area (TPSA) is 131 Å². The van der Waals surface area contributed by atoms with Crippen molar-refractivity contribution in [2.75, 3.05) is 7.05 Å². The highest BCUT2D eigenvalue weighted by molar-refractivity contribution is 5.87. The summed E-state index contributed by atoms with van der Waals surface area (Å²) in [6.45, 7) is 0.266. The van der Waals surface area contributed by atoms with E-state index in [-0.39, 0.29) is 6.54 Å². The number of nitrogens with zero attached hydrogens (tertiary/aromatic N) is 3. The minimum absolute atomic E-state index is 0.266. The van der Waals surface area contributed by atoms with Crippen LogP contribution in [0.3, 0.4) is 0 Å². The number of nitrogens with one attached hydrogen (secondary N) is 1. The second kappa shape index (κ2) is 6.55. The number of hydrogen-bond acceptors (Lipinski definition) is 4. The number of rotatable bonds is 6. The summed E-state index contributed by atoms with van der Waals surface area (Å²) < 4.78 is 1.59. The Balaban J connectivity index is 2.59. The Bertz CT molecular complexity index is 513. The number of carbonyl (C=O) groups excluding carboxylic acids is 2. The number of aromatic nitrogens is 2. The minimum atomic E-state index is -1.34. The third-order valence-electron chi connectivity index (χ3n) is 2.53. The highest BCUT2D eigenvalue weighted by atomic mass is 16.4. The van der Waals surface area contributed by atoms with Crippen molar-refractivity contribution in [1.82, 2.24) is 20.0 Å². The first-order valence-electron chi connectivity index (χ1n) is 5.80. The number of nitrogens with two attached hydrogens (primary N) is 1. The third kappa shape index (κ3) is 4.59. The molecule has 0 aliphatic rings. The molecule has 3 amide bonds. The van der Waals surface area contributed by atoms with Gasteiger partial charge in [0.25, 0.3) is 0 Å². The first-order valence-corrected chi connectivity index (χ1v) is 5.80. The largest absolute Gasteiger partial charge is 0.480 e. The molecule has 9 heteroatoms. The Morgan fingerprint density at radius 3 is 2.65 bits per heavy atom. The van der Waals surface area contributed by atoms with E-state index in [0.717, 1.165) is 5.56 Å². The fraction of sp³-hybridized carbons (Fsp3) is 0.455. The Morgan fingerprint density at radius 1 is 1.55 bits per heavy atom. The predicted octanol–water partition coefficient (Wildman–Crippen LogP) is -1.11. The second-order valence-corrected chi connectivity index (χ2v) is 4.39. The van der Waals surface area contributed by atoms with Crippen molar-refractivity contribution < 1.29 is 19.5 Å². The zero-order valence-corrected chi connectivity index (χ0v) is 11.2. The van der Waals surface area contributed by atoms with Crippen LogP contribution in [0.25, 0.3) is 0 Å². The molecular weight excluding hydrogens is 266 g/mol. The van der Waals surface area contributed by atoms with Gasteiger partial charge in [0.15, 0.2) is 0 Å². The molecule has 0 unspecified atom stereocenters. The van der Waals surface area contributed by atoms with Gasteiger partial charge in [0, 0.05) is 25.9 Å². The third-order valence-corrected chi connectivity index (χ3v) is 2.53. The van der Waals surface area contributed by atoms with E-state index < -0.39 is 30.4 Å². The summed E-state index contributed by atoms with van der Waals surface area (Å²) in [5, 5.41) is 15.1. The number of urea groups is 1. The van der Waals surface area contributed by atoms with E-state index in [2.05, 4.69) is 10.4 Å². The maximum atomic E-state index is 11.8. The average Bonchev–Trinajstić information content (AvgIpc) is 2.72. The van der Waals surface area contributed by atoms with Crippen molar-refractivity contribution in [3.63, 3.8) is 0 Å².